The first-order valence-corrected chi connectivity index (χ1v) is 23.0. The fourth-order valence-electron chi connectivity index (χ4n) is 4.62. The lowest BCUT2D eigenvalue weighted by Crippen LogP contribution is -2.16. The van der Waals surface area contributed by atoms with Crippen LogP contribution in [-0.2, 0) is 27.1 Å². The van der Waals surface area contributed by atoms with Crippen molar-refractivity contribution in [2.75, 3.05) is 23.5 Å². The molecule has 5 aromatic rings. The number of hydrogen-bond acceptors (Lipinski definition) is 14. The first-order valence-electron chi connectivity index (χ1n) is 20.4. The molecule has 0 saturated heterocycles. The molecule has 0 spiro atoms. The molecule has 0 radical (unpaired) electrons. The molecule has 0 amide bonds. The monoisotopic (exact) mass is 870 g/mol. The van der Waals surface area contributed by atoms with Crippen LogP contribution in [0.1, 0.15) is 169 Å². The van der Waals surface area contributed by atoms with E-state index in [1.165, 1.54) is 28.4 Å². The molecule has 0 atom stereocenters. The Bertz CT molecular complexity index is 1970. The van der Waals surface area contributed by atoms with Crippen molar-refractivity contribution in [3.8, 4) is 5.19 Å². The molecule has 14 heteroatoms. The summed E-state index contributed by atoms with van der Waals surface area (Å²) in [7, 11) is 1.64. The number of nitrogens with two attached hydrogens (primary N) is 1. The third kappa shape index (κ3) is 19.1. The van der Waals surface area contributed by atoms with Crippen molar-refractivity contribution in [3.05, 3.63) is 67.8 Å². The van der Waals surface area contributed by atoms with E-state index in [1.54, 1.807) is 59.6 Å². The van der Waals surface area contributed by atoms with Crippen LogP contribution >= 0.6 is 34.0 Å². The second-order valence-corrected chi connectivity index (χ2v) is 23.1. The summed E-state index contributed by atoms with van der Waals surface area (Å²) >= 11 is 5.04. The molecule has 11 nitrogen and oxygen atoms in total. The normalized spacial score (nSPS) is 13.1. The Morgan fingerprint density at radius 2 is 1.36 bits per heavy atom. The number of ether oxygens (including phenoxy) is 1. The van der Waals surface area contributed by atoms with Gasteiger partial charge < -0.3 is 25.5 Å². The Morgan fingerprint density at radius 3 is 1.69 bits per heavy atom. The summed E-state index contributed by atoms with van der Waals surface area (Å²) in [5.41, 5.74) is 10.5. The number of aromatic nitrogens is 6. The zero-order chi connectivity index (χ0) is 45.1. The van der Waals surface area contributed by atoms with Gasteiger partial charge >= 0.3 is 0 Å². The minimum atomic E-state index is -0.0185. The molecule has 1 saturated carbocycles. The molecule has 4 N–H and O–H groups in total. The van der Waals surface area contributed by atoms with Gasteiger partial charge in [-0.3, -0.25) is 0 Å². The lowest BCUT2D eigenvalue weighted by molar-refractivity contribution is 0.407. The lowest BCUT2D eigenvalue weighted by Gasteiger charge is -2.16. The van der Waals surface area contributed by atoms with E-state index in [4.69, 9.17) is 14.9 Å². The van der Waals surface area contributed by atoms with Crippen molar-refractivity contribution in [1.29, 1.82) is 0 Å². The Kier molecular flexibility index (Phi) is 18.6. The van der Waals surface area contributed by atoms with E-state index >= 15 is 0 Å². The molecule has 1 aliphatic carbocycles. The van der Waals surface area contributed by atoms with Gasteiger partial charge in [-0.1, -0.05) is 115 Å². The molecule has 0 unspecified atom stereocenters. The van der Waals surface area contributed by atoms with Gasteiger partial charge in [0.25, 0.3) is 11.2 Å². The van der Waals surface area contributed by atoms with E-state index in [9.17, 15) is 0 Å². The summed E-state index contributed by atoms with van der Waals surface area (Å²) in [6.45, 7) is 40.6. The van der Waals surface area contributed by atoms with E-state index in [-0.39, 0.29) is 27.1 Å². The Labute approximate surface area is 368 Å². The predicted molar refractivity (Wildman–Crippen MR) is 254 cm³/mol. The van der Waals surface area contributed by atoms with Gasteiger partial charge in [-0.2, -0.15) is 4.98 Å². The molecule has 0 aliphatic heterocycles. The highest BCUT2D eigenvalue weighted by molar-refractivity contribution is 7.15. The lowest BCUT2D eigenvalue weighted by atomic mass is 9.92. The van der Waals surface area contributed by atoms with Gasteiger partial charge in [0.2, 0.25) is 0 Å². The van der Waals surface area contributed by atoms with Crippen molar-refractivity contribution in [1.82, 2.24) is 29.9 Å². The zero-order valence-electron chi connectivity index (χ0n) is 39.8. The summed E-state index contributed by atoms with van der Waals surface area (Å²) in [5, 5.41) is 13.7. The third-order valence-electron chi connectivity index (χ3n) is 8.13. The number of hydrogen-bond donors (Lipinski definition) is 3. The molecule has 59 heavy (non-hydrogen) atoms. The van der Waals surface area contributed by atoms with Gasteiger partial charge in [0, 0.05) is 66.7 Å². The highest BCUT2D eigenvalue weighted by Crippen LogP contribution is 2.32. The first-order chi connectivity index (χ1) is 26.9. The Morgan fingerprint density at radius 1 is 0.746 bits per heavy atom. The number of methoxy groups -OCH3 is 1. The van der Waals surface area contributed by atoms with Gasteiger partial charge in [-0.15, -0.1) is 22.7 Å². The molecule has 0 aromatic carbocycles. The molecule has 0 bridgehead atoms. The number of oxazole rings is 1. The number of nitrogens with one attached hydrogen (secondary N) is 2. The number of thiazole rings is 3. The smallest absolute Gasteiger partial charge is 0.294 e. The summed E-state index contributed by atoms with van der Waals surface area (Å²) in [6, 6.07) is 3.42. The number of anilines is 3. The van der Waals surface area contributed by atoms with Crippen molar-refractivity contribution < 1.29 is 9.15 Å². The van der Waals surface area contributed by atoms with E-state index in [0.29, 0.717) is 23.9 Å². The van der Waals surface area contributed by atoms with Crippen LogP contribution in [-0.4, -0.2) is 49.1 Å². The predicted octanol–water partition coefficient (Wildman–Crippen LogP) is 12.7. The minimum absolute atomic E-state index is 0.0185. The first kappa shape index (κ1) is 51.5. The van der Waals surface area contributed by atoms with Crippen LogP contribution in [0.2, 0.25) is 0 Å². The van der Waals surface area contributed by atoms with Crippen LogP contribution in [0.3, 0.4) is 0 Å². The van der Waals surface area contributed by atoms with Gasteiger partial charge in [-0.25, -0.2) is 24.9 Å². The van der Waals surface area contributed by atoms with Gasteiger partial charge in [0.15, 0.2) is 5.13 Å². The fraction of sp³-hybridized carbons (Fsp3) is 0.644. The molecule has 330 valence electrons. The molecule has 5 aromatic heterocycles. The van der Waals surface area contributed by atoms with Gasteiger partial charge in [-0.05, 0) is 46.6 Å². The second kappa shape index (κ2) is 21.3. The van der Waals surface area contributed by atoms with Crippen LogP contribution in [0.15, 0.2) is 33.7 Å². The van der Waals surface area contributed by atoms with Crippen molar-refractivity contribution in [2.24, 2.45) is 0 Å². The number of nitrogen functional groups attached to an aromatic ring is 1. The minimum Gasteiger partial charge on any atom is -0.473 e. The van der Waals surface area contributed by atoms with Crippen molar-refractivity contribution in [2.45, 2.75) is 184 Å². The van der Waals surface area contributed by atoms with E-state index in [0.717, 1.165) is 33.2 Å². The SMILES string of the molecule is CC(C)(C)c1coc(NC2CC2)n1.CC(C)(C)c1nccc(N)n1.COc1nc(C(C)(C)C)cs1.Cc1csc(C(C)(C)C)n1.Cc1sc(NC(C)C)nc1C(C)(C)C. The third-order valence-corrected chi connectivity index (χ3v) is 11.2. The maximum Gasteiger partial charge on any atom is 0.294 e. The number of aryl methyl sites for hydroxylation is 2. The molecular formula is C45H75N9O2S3. The largest absolute Gasteiger partial charge is 0.473 e. The maximum absolute atomic E-state index is 5.50. The second-order valence-electron chi connectivity index (χ2n) is 20.2. The maximum atomic E-state index is 5.50. The topological polar surface area (TPSA) is 150 Å². The van der Waals surface area contributed by atoms with Crippen LogP contribution in [0.4, 0.5) is 17.0 Å². The standard InChI is InChI=1S/C11H20N2S.C10H16N2O.C8H13N3.C8H13NOS.C8H13NS/c1-7(2)12-10-13-9(8(3)14-10)11(4,5)6;1-10(2,3)8-6-13-9(12-8)11-7-4-5-7;1-8(2,3)7-10-5-4-6(9)11-7;1-8(2,3)6-5-11-7(9-6)10-4;1-6-5-10-7(9-6)8(2,3)4/h7H,1-6H3,(H,12,13);6-7H,4-5H2,1-3H3,(H,11,12);4-5H,1-3H3,(H2,9,10,11);5H,1-4H3;5H,1-4H3. The average Bonchev–Trinajstić information content (AvgIpc) is 3.51. The Hall–Kier alpha value is -3.62. The summed E-state index contributed by atoms with van der Waals surface area (Å²) in [4.78, 5) is 27.3. The van der Waals surface area contributed by atoms with E-state index in [2.05, 4.69) is 171 Å². The average molecular weight is 870 g/mol. The number of rotatable bonds is 5. The van der Waals surface area contributed by atoms with E-state index in [1.807, 2.05) is 12.3 Å². The summed E-state index contributed by atoms with van der Waals surface area (Å²) < 4.78 is 10.3. The molecular weight excluding hydrogens is 795 g/mol. The number of nitrogens with zero attached hydrogens (tertiary/aromatic N) is 6. The van der Waals surface area contributed by atoms with Gasteiger partial charge in [0.1, 0.15) is 17.9 Å². The molecule has 5 heterocycles. The van der Waals surface area contributed by atoms with Crippen LogP contribution in [0.25, 0.3) is 0 Å². The zero-order valence-corrected chi connectivity index (χ0v) is 42.2. The highest BCUT2D eigenvalue weighted by atomic mass is 32.1. The van der Waals surface area contributed by atoms with Crippen LogP contribution in [0, 0.1) is 13.8 Å². The molecule has 1 fully saturated rings. The molecule has 1 aliphatic rings. The fourth-order valence-corrected chi connectivity index (χ4v) is 7.54. The summed E-state index contributed by atoms with van der Waals surface area (Å²) in [5.74, 6) is 1.32. The molecule has 6 rings (SSSR count). The van der Waals surface area contributed by atoms with Crippen molar-refractivity contribution >= 4 is 51.0 Å². The van der Waals surface area contributed by atoms with Crippen molar-refractivity contribution in [3.63, 3.8) is 0 Å². The highest BCUT2D eigenvalue weighted by Gasteiger charge is 2.25. The summed E-state index contributed by atoms with van der Waals surface area (Å²) in [6.07, 6.45) is 5.91. The van der Waals surface area contributed by atoms with Gasteiger partial charge in [0.05, 0.1) is 29.2 Å². The van der Waals surface area contributed by atoms with Crippen LogP contribution in [0.5, 0.6) is 5.19 Å². The quantitative estimate of drug-likeness (QED) is 0.155. The van der Waals surface area contributed by atoms with E-state index < -0.39 is 0 Å². The van der Waals surface area contributed by atoms with Crippen LogP contribution < -0.4 is 21.1 Å². The Balaban J connectivity index is 0.000000256.